The maximum Gasteiger partial charge on any atom is 0.144 e. The average molecular weight is 280 g/mol. The van der Waals surface area contributed by atoms with Gasteiger partial charge < -0.3 is 10.1 Å². The number of fused-ring (bicyclic) bond motifs is 1. The minimum atomic E-state index is 0.0624. The lowest BCUT2D eigenvalue weighted by Crippen LogP contribution is -2.24. The van der Waals surface area contributed by atoms with Crippen molar-refractivity contribution in [1.29, 1.82) is 0 Å². The first-order valence-electron chi connectivity index (χ1n) is 5.67. The Balaban J connectivity index is 1.92. The summed E-state index contributed by atoms with van der Waals surface area (Å²) >= 11 is 12.1. The molecule has 0 saturated carbocycles. The molecule has 2 aromatic rings. The van der Waals surface area contributed by atoms with Crippen LogP contribution < -0.4 is 10.1 Å². The van der Waals surface area contributed by atoms with Gasteiger partial charge in [0.05, 0.1) is 11.7 Å². The second kappa shape index (κ2) is 4.71. The van der Waals surface area contributed by atoms with Gasteiger partial charge in [-0.2, -0.15) is 0 Å². The van der Waals surface area contributed by atoms with E-state index in [1.54, 1.807) is 0 Å². The zero-order chi connectivity index (χ0) is 12.5. The molecule has 0 fully saturated rings. The van der Waals surface area contributed by atoms with E-state index in [4.69, 9.17) is 27.9 Å². The van der Waals surface area contributed by atoms with Crippen LogP contribution in [-0.2, 0) is 0 Å². The molecule has 0 bridgehead atoms. The molecule has 0 aliphatic carbocycles. The third-order valence-corrected chi connectivity index (χ3v) is 3.54. The molecule has 18 heavy (non-hydrogen) atoms. The van der Waals surface area contributed by atoms with Crippen LogP contribution >= 0.6 is 23.2 Å². The molecule has 0 saturated heterocycles. The maximum absolute atomic E-state index is 6.19. The SMILES string of the molecule is Clc1ccc2c(c1)OCC(c1ccccc1Cl)N2. The minimum absolute atomic E-state index is 0.0624. The van der Waals surface area contributed by atoms with Gasteiger partial charge in [0.25, 0.3) is 0 Å². The third-order valence-electron chi connectivity index (χ3n) is 2.96. The molecular weight excluding hydrogens is 269 g/mol. The molecule has 4 heteroatoms. The van der Waals surface area contributed by atoms with Gasteiger partial charge >= 0.3 is 0 Å². The van der Waals surface area contributed by atoms with Crippen molar-refractivity contribution in [2.24, 2.45) is 0 Å². The van der Waals surface area contributed by atoms with Crippen molar-refractivity contribution in [3.63, 3.8) is 0 Å². The number of rotatable bonds is 1. The molecule has 3 rings (SSSR count). The van der Waals surface area contributed by atoms with Crippen molar-refractivity contribution < 1.29 is 4.74 Å². The van der Waals surface area contributed by atoms with E-state index in [9.17, 15) is 0 Å². The molecular formula is C14H11Cl2NO. The predicted molar refractivity (Wildman–Crippen MR) is 74.8 cm³/mol. The van der Waals surface area contributed by atoms with Gasteiger partial charge in [0.1, 0.15) is 12.4 Å². The number of nitrogens with one attached hydrogen (secondary N) is 1. The molecule has 1 atom stereocenters. The summed E-state index contributed by atoms with van der Waals surface area (Å²) in [6.45, 7) is 0.539. The smallest absolute Gasteiger partial charge is 0.144 e. The number of benzene rings is 2. The Morgan fingerprint density at radius 3 is 2.78 bits per heavy atom. The predicted octanol–water partition coefficient (Wildman–Crippen LogP) is 4.54. The van der Waals surface area contributed by atoms with Crippen LogP contribution in [0.3, 0.4) is 0 Å². The fraction of sp³-hybridized carbons (Fsp3) is 0.143. The van der Waals surface area contributed by atoms with E-state index in [0.717, 1.165) is 22.0 Å². The molecule has 1 aliphatic rings. The van der Waals surface area contributed by atoms with E-state index in [2.05, 4.69) is 5.32 Å². The molecule has 1 unspecified atom stereocenters. The van der Waals surface area contributed by atoms with Crippen LogP contribution in [0.1, 0.15) is 11.6 Å². The summed E-state index contributed by atoms with van der Waals surface area (Å²) in [7, 11) is 0. The largest absolute Gasteiger partial charge is 0.489 e. The summed E-state index contributed by atoms with van der Waals surface area (Å²) in [5.41, 5.74) is 1.98. The first kappa shape index (κ1) is 11.7. The zero-order valence-corrected chi connectivity index (χ0v) is 11.0. The van der Waals surface area contributed by atoms with Crippen molar-refractivity contribution in [2.45, 2.75) is 6.04 Å². The van der Waals surface area contributed by atoms with Crippen molar-refractivity contribution in [3.05, 3.63) is 58.1 Å². The lowest BCUT2D eigenvalue weighted by atomic mass is 10.1. The van der Waals surface area contributed by atoms with Crippen LogP contribution in [0.15, 0.2) is 42.5 Å². The van der Waals surface area contributed by atoms with Crippen LogP contribution in [0.2, 0.25) is 10.0 Å². The Hall–Kier alpha value is -1.38. The standard InChI is InChI=1S/C14H11Cl2NO/c15-9-5-6-12-14(7-9)18-8-13(17-12)10-3-1-2-4-11(10)16/h1-7,13,17H,8H2. The molecule has 0 aromatic heterocycles. The topological polar surface area (TPSA) is 21.3 Å². The Morgan fingerprint density at radius 2 is 1.94 bits per heavy atom. The van der Waals surface area contributed by atoms with Crippen molar-refractivity contribution >= 4 is 28.9 Å². The van der Waals surface area contributed by atoms with Gasteiger partial charge in [-0.3, -0.25) is 0 Å². The fourth-order valence-electron chi connectivity index (χ4n) is 2.06. The highest BCUT2D eigenvalue weighted by atomic mass is 35.5. The van der Waals surface area contributed by atoms with Gasteiger partial charge in [-0.05, 0) is 23.8 Å². The summed E-state index contributed by atoms with van der Waals surface area (Å²) in [6.07, 6.45) is 0. The Labute approximate surface area is 115 Å². The van der Waals surface area contributed by atoms with Crippen molar-refractivity contribution in [3.8, 4) is 5.75 Å². The molecule has 2 nitrogen and oxygen atoms in total. The Morgan fingerprint density at radius 1 is 1.11 bits per heavy atom. The van der Waals surface area contributed by atoms with E-state index < -0.39 is 0 Å². The van der Waals surface area contributed by atoms with Crippen LogP contribution in [0.5, 0.6) is 5.75 Å². The lowest BCUT2D eigenvalue weighted by Gasteiger charge is -2.28. The Bertz CT molecular complexity index is 586. The van der Waals surface area contributed by atoms with Crippen LogP contribution in [0.4, 0.5) is 5.69 Å². The third kappa shape index (κ3) is 2.14. The molecule has 1 aliphatic heterocycles. The van der Waals surface area contributed by atoms with Crippen molar-refractivity contribution in [1.82, 2.24) is 0 Å². The van der Waals surface area contributed by atoms with Crippen LogP contribution in [0, 0.1) is 0 Å². The quantitative estimate of drug-likeness (QED) is 0.828. The van der Waals surface area contributed by atoms with Gasteiger partial charge in [0, 0.05) is 16.1 Å². The molecule has 92 valence electrons. The lowest BCUT2D eigenvalue weighted by molar-refractivity contribution is 0.286. The van der Waals surface area contributed by atoms with E-state index >= 15 is 0 Å². The zero-order valence-electron chi connectivity index (χ0n) is 9.49. The number of anilines is 1. The average Bonchev–Trinajstić information content (AvgIpc) is 2.39. The second-order valence-corrected chi connectivity index (χ2v) is 5.01. The number of ether oxygens (including phenoxy) is 1. The molecule has 1 heterocycles. The minimum Gasteiger partial charge on any atom is -0.489 e. The monoisotopic (exact) mass is 279 g/mol. The molecule has 0 spiro atoms. The highest BCUT2D eigenvalue weighted by molar-refractivity contribution is 6.31. The fourth-order valence-corrected chi connectivity index (χ4v) is 2.49. The number of hydrogen-bond acceptors (Lipinski definition) is 2. The highest BCUT2D eigenvalue weighted by Crippen LogP contribution is 2.37. The van der Waals surface area contributed by atoms with Gasteiger partial charge in [0.2, 0.25) is 0 Å². The first-order chi connectivity index (χ1) is 8.74. The second-order valence-electron chi connectivity index (χ2n) is 4.17. The van der Waals surface area contributed by atoms with Crippen molar-refractivity contribution in [2.75, 3.05) is 11.9 Å². The molecule has 1 N–H and O–H groups in total. The summed E-state index contributed by atoms with van der Waals surface area (Å²) in [6, 6.07) is 13.4. The number of halogens is 2. The van der Waals surface area contributed by atoms with Crippen LogP contribution in [0.25, 0.3) is 0 Å². The van der Waals surface area contributed by atoms with Gasteiger partial charge in [-0.15, -0.1) is 0 Å². The molecule has 2 aromatic carbocycles. The van der Waals surface area contributed by atoms with E-state index in [0.29, 0.717) is 11.6 Å². The van der Waals surface area contributed by atoms with Gasteiger partial charge in [-0.1, -0.05) is 41.4 Å². The summed E-state index contributed by atoms with van der Waals surface area (Å²) in [5.74, 6) is 0.783. The summed E-state index contributed by atoms with van der Waals surface area (Å²) in [4.78, 5) is 0. The van der Waals surface area contributed by atoms with E-state index in [1.165, 1.54) is 0 Å². The normalized spacial score (nSPS) is 17.6. The first-order valence-corrected chi connectivity index (χ1v) is 6.43. The summed E-state index contributed by atoms with van der Waals surface area (Å²) < 4.78 is 5.72. The summed E-state index contributed by atoms with van der Waals surface area (Å²) in [5, 5.41) is 4.83. The highest BCUT2D eigenvalue weighted by Gasteiger charge is 2.21. The van der Waals surface area contributed by atoms with Gasteiger partial charge in [0.15, 0.2) is 0 Å². The van der Waals surface area contributed by atoms with E-state index in [-0.39, 0.29) is 6.04 Å². The Kier molecular flexibility index (Phi) is 3.06. The molecule has 0 amide bonds. The van der Waals surface area contributed by atoms with E-state index in [1.807, 2.05) is 42.5 Å². The van der Waals surface area contributed by atoms with Gasteiger partial charge in [-0.25, -0.2) is 0 Å². The number of hydrogen-bond donors (Lipinski definition) is 1. The van der Waals surface area contributed by atoms with Crippen LogP contribution in [-0.4, -0.2) is 6.61 Å². The molecule has 0 radical (unpaired) electrons. The maximum atomic E-state index is 6.19.